The first-order valence-electron chi connectivity index (χ1n) is 12.8. The largest absolute Gasteiger partial charge is 0.417 e. The van der Waals surface area contributed by atoms with E-state index in [9.17, 15) is 18.0 Å². The summed E-state index contributed by atoms with van der Waals surface area (Å²) in [5, 5.41) is 0. The molecule has 0 N–H and O–H groups in total. The molecule has 1 saturated carbocycles. The summed E-state index contributed by atoms with van der Waals surface area (Å²) >= 11 is 0. The first-order chi connectivity index (χ1) is 17.3. The molecular weight excluding hydrogens is 469 g/mol. The van der Waals surface area contributed by atoms with Gasteiger partial charge in [0.05, 0.1) is 17.6 Å². The number of rotatable bonds is 5. The maximum atomic E-state index is 13.8. The monoisotopic (exact) mass is 502 g/mol. The second-order valence-electron chi connectivity index (χ2n) is 10.5. The van der Waals surface area contributed by atoms with E-state index < -0.39 is 17.2 Å². The smallest absolute Gasteiger partial charge is 0.384 e. The van der Waals surface area contributed by atoms with E-state index >= 15 is 0 Å². The lowest BCUT2D eigenvalue weighted by Crippen LogP contribution is -2.50. The van der Waals surface area contributed by atoms with E-state index in [0.29, 0.717) is 55.8 Å². The van der Waals surface area contributed by atoms with Crippen LogP contribution in [0.4, 0.5) is 13.2 Å². The van der Waals surface area contributed by atoms with Crippen LogP contribution in [0.1, 0.15) is 60.4 Å². The molecule has 36 heavy (non-hydrogen) atoms. The Bertz CT molecular complexity index is 1070. The lowest BCUT2D eigenvalue weighted by atomic mass is 9.81. The Hall–Kier alpha value is -2.52. The third-order valence-corrected chi connectivity index (χ3v) is 8.28. The second-order valence-corrected chi connectivity index (χ2v) is 10.5. The number of alkyl halides is 3. The fraction of sp³-hybridized carbons (Fsp3) is 0.593. The van der Waals surface area contributed by atoms with Crippen molar-refractivity contribution in [3.63, 3.8) is 0 Å². The predicted octanol–water partition coefficient (Wildman–Crippen LogP) is 4.45. The number of aromatic nitrogens is 2. The van der Waals surface area contributed by atoms with E-state index in [0.717, 1.165) is 44.5 Å². The number of likely N-dealkylation sites (tertiary alicyclic amines) is 1. The molecule has 1 aliphatic carbocycles. The van der Waals surface area contributed by atoms with E-state index in [2.05, 4.69) is 20.9 Å². The molecule has 0 radical (unpaired) electrons. The number of methoxy groups -OCH3 is 1. The first-order valence-corrected chi connectivity index (χ1v) is 12.8. The molecule has 2 aliphatic heterocycles. The standard InChI is InChI=1S/C27H33F3N4O2/c1-36-18-26(25(35)33-11-8-24-21(16-33)13-22(15-32-24)27(28,29)30)9-12-34(17-26)23-6-4-19(5-7-23)20-3-2-10-31-14-20/h2-3,10,13-15,19,23H,4-9,11-12,16-18H2,1H3. The zero-order valence-electron chi connectivity index (χ0n) is 20.6. The van der Waals surface area contributed by atoms with Gasteiger partial charge in [-0.2, -0.15) is 13.2 Å². The SMILES string of the molecule is COCC1(C(=O)N2CCc3ncc(C(F)(F)F)cc3C2)CCN(C2CCC(c3cccnc3)CC2)C1. The average molecular weight is 503 g/mol. The van der Waals surface area contributed by atoms with Crippen LogP contribution >= 0.6 is 0 Å². The summed E-state index contributed by atoms with van der Waals surface area (Å²) in [6.07, 6.45) is 5.75. The molecule has 0 aromatic carbocycles. The molecule has 2 aromatic heterocycles. The maximum absolute atomic E-state index is 13.8. The number of nitrogens with zero attached hydrogens (tertiary/aromatic N) is 4. The minimum absolute atomic E-state index is 0.0149. The highest BCUT2D eigenvalue weighted by atomic mass is 19.4. The fourth-order valence-electron chi connectivity index (χ4n) is 6.33. The van der Waals surface area contributed by atoms with Gasteiger partial charge in [0.15, 0.2) is 0 Å². The number of halogens is 3. The maximum Gasteiger partial charge on any atom is 0.417 e. The Balaban J connectivity index is 1.25. The van der Waals surface area contributed by atoms with Crippen molar-refractivity contribution < 1.29 is 22.7 Å². The molecule has 2 aromatic rings. The molecule has 1 saturated heterocycles. The van der Waals surface area contributed by atoms with Gasteiger partial charge in [-0.15, -0.1) is 0 Å². The Labute approximate surface area is 209 Å². The number of carbonyl (C=O) groups is 1. The normalized spacial score (nSPS) is 27.2. The van der Waals surface area contributed by atoms with Crippen molar-refractivity contribution in [1.82, 2.24) is 19.8 Å². The van der Waals surface area contributed by atoms with Gasteiger partial charge in [-0.05, 0) is 67.8 Å². The molecule has 0 spiro atoms. The van der Waals surface area contributed by atoms with Crippen LogP contribution in [0.3, 0.4) is 0 Å². The zero-order valence-corrected chi connectivity index (χ0v) is 20.6. The average Bonchev–Trinajstić information content (AvgIpc) is 3.33. The summed E-state index contributed by atoms with van der Waals surface area (Å²) in [6, 6.07) is 5.73. The highest BCUT2D eigenvalue weighted by molar-refractivity contribution is 5.84. The Morgan fingerprint density at radius 1 is 1.19 bits per heavy atom. The molecule has 5 rings (SSSR count). The van der Waals surface area contributed by atoms with Crippen molar-refractivity contribution in [2.24, 2.45) is 5.41 Å². The van der Waals surface area contributed by atoms with Crippen LogP contribution in [0, 0.1) is 5.41 Å². The summed E-state index contributed by atoms with van der Waals surface area (Å²) < 4.78 is 45.2. The topological polar surface area (TPSA) is 58.6 Å². The number of hydrogen-bond acceptors (Lipinski definition) is 5. The van der Waals surface area contributed by atoms with Gasteiger partial charge in [0, 0.05) is 63.5 Å². The zero-order chi connectivity index (χ0) is 25.3. The van der Waals surface area contributed by atoms with Gasteiger partial charge in [0.1, 0.15) is 0 Å². The fourth-order valence-corrected chi connectivity index (χ4v) is 6.33. The quantitative estimate of drug-likeness (QED) is 0.605. The number of fused-ring (bicyclic) bond motifs is 1. The minimum Gasteiger partial charge on any atom is -0.384 e. The van der Waals surface area contributed by atoms with Crippen LogP contribution in [0.2, 0.25) is 0 Å². The van der Waals surface area contributed by atoms with Crippen LogP contribution in [0.25, 0.3) is 0 Å². The number of hydrogen-bond donors (Lipinski definition) is 0. The number of carbonyl (C=O) groups excluding carboxylic acids is 1. The van der Waals surface area contributed by atoms with Gasteiger partial charge in [-0.3, -0.25) is 19.7 Å². The Kier molecular flexibility index (Phi) is 7.05. The summed E-state index contributed by atoms with van der Waals surface area (Å²) in [7, 11) is 1.61. The van der Waals surface area contributed by atoms with Crippen molar-refractivity contribution >= 4 is 5.91 Å². The van der Waals surface area contributed by atoms with Crippen LogP contribution in [-0.4, -0.2) is 65.1 Å². The molecule has 6 nitrogen and oxygen atoms in total. The second kappa shape index (κ2) is 10.1. The molecule has 1 unspecified atom stereocenters. The summed E-state index contributed by atoms with van der Waals surface area (Å²) in [5.41, 5.74) is 0.999. The Morgan fingerprint density at radius 2 is 2.00 bits per heavy atom. The molecule has 4 heterocycles. The van der Waals surface area contributed by atoms with Crippen molar-refractivity contribution in [3.8, 4) is 0 Å². The summed E-state index contributed by atoms with van der Waals surface area (Å²) in [4.78, 5) is 26.3. The van der Waals surface area contributed by atoms with E-state index in [1.165, 1.54) is 5.56 Å². The lowest BCUT2D eigenvalue weighted by Gasteiger charge is -2.38. The van der Waals surface area contributed by atoms with Gasteiger partial charge in [-0.1, -0.05) is 6.07 Å². The molecule has 1 atom stereocenters. The predicted molar refractivity (Wildman–Crippen MR) is 128 cm³/mol. The van der Waals surface area contributed by atoms with Gasteiger partial charge in [0.2, 0.25) is 5.91 Å². The molecular formula is C27H33F3N4O2. The molecule has 194 valence electrons. The minimum atomic E-state index is -4.45. The van der Waals surface area contributed by atoms with Crippen LogP contribution in [0.15, 0.2) is 36.8 Å². The van der Waals surface area contributed by atoms with E-state index in [4.69, 9.17) is 4.74 Å². The lowest BCUT2D eigenvalue weighted by molar-refractivity contribution is -0.145. The highest BCUT2D eigenvalue weighted by Crippen LogP contribution is 2.41. The molecule has 9 heteroatoms. The van der Waals surface area contributed by atoms with Crippen LogP contribution in [0.5, 0.6) is 0 Å². The number of pyridine rings is 2. The van der Waals surface area contributed by atoms with Crippen LogP contribution < -0.4 is 0 Å². The summed E-state index contributed by atoms with van der Waals surface area (Å²) in [5.74, 6) is 0.519. The van der Waals surface area contributed by atoms with E-state index in [1.807, 2.05) is 12.3 Å². The van der Waals surface area contributed by atoms with E-state index in [1.54, 1.807) is 18.2 Å². The molecule has 0 bridgehead atoms. The molecule has 3 aliphatic rings. The Morgan fingerprint density at radius 3 is 2.69 bits per heavy atom. The van der Waals surface area contributed by atoms with Crippen molar-refractivity contribution in [1.29, 1.82) is 0 Å². The molecule has 1 amide bonds. The third-order valence-electron chi connectivity index (χ3n) is 8.28. The third kappa shape index (κ3) is 5.00. The van der Waals surface area contributed by atoms with Gasteiger partial charge in [-0.25, -0.2) is 0 Å². The van der Waals surface area contributed by atoms with Crippen molar-refractivity contribution in [3.05, 3.63) is 59.2 Å². The number of ether oxygens (including phenoxy) is 1. The van der Waals surface area contributed by atoms with Gasteiger partial charge >= 0.3 is 6.18 Å². The highest BCUT2D eigenvalue weighted by Gasteiger charge is 2.49. The molecule has 2 fully saturated rings. The van der Waals surface area contributed by atoms with Crippen molar-refractivity contribution in [2.75, 3.05) is 33.4 Å². The van der Waals surface area contributed by atoms with Gasteiger partial charge < -0.3 is 9.64 Å². The van der Waals surface area contributed by atoms with Gasteiger partial charge in [0.25, 0.3) is 0 Å². The van der Waals surface area contributed by atoms with Crippen molar-refractivity contribution in [2.45, 2.75) is 63.2 Å². The van der Waals surface area contributed by atoms with E-state index in [-0.39, 0.29) is 12.5 Å². The summed E-state index contributed by atoms with van der Waals surface area (Å²) in [6.45, 7) is 2.41. The first kappa shape index (κ1) is 25.1. The number of amides is 1. The van der Waals surface area contributed by atoms with Crippen LogP contribution in [-0.2, 0) is 28.7 Å².